The fourth-order valence-electron chi connectivity index (χ4n) is 3.22. The number of carbonyl (C=O) groups excluding carboxylic acids is 1. The van der Waals surface area contributed by atoms with Crippen molar-refractivity contribution >= 4 is 11.9 Å². The molecule has 1 heterocycles. The molecular formula is C17H20F3NO4. The molecule has 1 aliphatic rings. The topological polar surface area (TPSA) is 66.8 Å². The summed E-state index contributed by atoms with van der Waals surface area (Å²) in [4.78, 5) is 25.1. The lowest BCUT2D eigenvalue weighted by Gasteiger charge is -2.31. The molecule has 1 N–H and O–H groups in total. The fourth-order valence-corrected chi connectivity index (χ4v) is 3.22. The van der Waals surface area contributed by atoms with Crippen LogP contribution in [0, 0.1) is 11.8 Å². The second kappa shape index (κ2) is 6.57. The molecule has 1 fully saturated rings. The lowest BCUT2D eigenvalue weighted by Crippen LogP contribution is -2.43. The quantitative estimate of drug-likeness (QED) is 0.898. The number of halogens is 3. The van der Waals surface area contributed by atoms with Crippen LogP contribution in [0.4, 0.5) is 13.2 Å². The number of methoxy groups -OCH3 is 1. The van der Waals surface area contributed by atoms with Crippen LogP contribution >= 0.6 is 0 Å². The maximum Gasteiger partial charge on any atom is 0.394 e. The van der Waals surface area contributed by atoms with Crippen molar-refractivity contribution in [2.75, 3.05) is 20.2 Å². The second-order valence-electron chi connectivity index (χ2n) is 6.63. The average molecular weight is 359 g/mol. The van der Waals surface area contributed by atoms with Crippen LogP contribution in [0.2, 0.25) is 0 Å². The highest BCUT2D eigenvalue weighted by Gasteiger charge is 2.54. The number of ether oxygens (including phenoxy) is 1. The first-order chi connectivity index (χ1) is 11.5. The van der Waals surface area contributed by atoms with E-state index < -0.39 is 48.4 Å². The van der Waals surface area contributed by atoms with Gasteiger partial charge in [-0.3, -0.25) is 9.59 Å². The zero-order valence-electron chi connectivity index (χ0n) is 14.1. The lowest BCUT2D eigenvalue weighted by molar-refractivity contribution is -0.188. The molecule has 1 aromatic carbocycles. The van der Waals surface area contributed by atoms with Crippen LogP contribution in [0.1, 0.15) is 19.4 Å². The molecule has 0 bridgehead atoms. The summed E-state index contributed by atoms with van der Waals surface area (Å²) < 4.78 is 44.6. The molecule has 5 nitrogen and oxygen atoms in total. The smallest absolute Gasteiger partial charge is 0.394 e. The molecule has 2 rings (SSSR count). The monoisotopic (exact) mass is 359 g/mol. The summed E-state index contributed by atoms with van der Waals surface area (Å²) in [6.45, 7) is 2.06. The average Bonchev–Trinajstić information content (AvgIpc) is 2.99. The number of aliphatic carboxylic acids is 1. The molecule has 138 valence electrons. The third-order valence-electron chi connectivity index (χ3n) is 4.66. The van der Waals surface area contributed by atoms with E-state index in [4.69, 9.17) is 9.84 Å². The van der Waals surface area contributed by atoms with Crippen LogP contribution in [-0.4, -0.2) is 48.3 Å². The standard InChI is InChI=1S/C17H20F3NO4/c1-16(2,11-6-4-5-7-13(11)25-3)15(24)21-8-10(14(22)23)12(9-21)17(18,19)20/h4-7,10,12H,8-9H2,1-3H3,(H,22,23)/t10-,12-/m1/s1. The van der Waals surface area contributed by atoms with Crippen LogP contribution in [0.15, 0.2) is 24.3 Å². The van der Waals surface area contributed by atoms with Gasteiger partial charge < -0.3 is 14.7 Å². The van der Waals surface area contributed by atoms with Gasteiger partial charge in [0.15, 0.2) is 0 Å². The normalized spacial score (nSPS) is 21.3. The van der Waals surface area contributed by atoms with Gasteiger partial charge in [-0.1, -0.05) is 18.2 Å². The Morgan fingerprint density at radius 3 is 2.28 bits per heavy atom. The number of carbonyl (C=O) groups is 2. The lowest BCUT2D eigenvalue weighted by atomic mass is 9.82. The summed E-state index contributed by atoms with van der Waals surface area (Å²) in [7, 11) is 1.44. The highest BCUT2D eigenvalue weighted by molar-refractivity contribution is 5.89. The van der Waals surface area contributed by atoms with Crippen molar-refractivity contribution in [1.29, 1.82) is 0 Å². The highest BCUT2D eigenvalue weighted by Crippen LogP contribution is 2.40. The number of alkyl halides is 3. The van der Waals surface area contributed by atoms with Gasteiger partial charge in [-0.05, 0) is 19.9 Å². The number of amides is 1. The molecule has 8 heteroatoms. The maximum absolute atomic E-state index is 13.1. The first-order valence-electron chi connectivity index (χ1n) is 7.72. The molecule has 0 unspecified atom stereocenters. The van der Waals surface area contributed by atoms with Crippen molar-refractivity contribution in [2.45, 2.75) is 25.4 Å². The van der Waals surface area contributed by atoms with Crippen molar-refractivity contribution in [1.82, 2.24) is 4.90 Å². The number of para-hydroxylation sites is 1. The number of likely N-dealkylation sites (tertiary alicyclic amines) is 1. The van der Waals surface area contributed by atoms with Crippen molar-refractivity contribution in [2.24, 2.45) is 11.8 Å². The third-order valence-corrected chi connectivity index (χ3v) is 4.66. The van der Waals surface area contributed by atoms with Crippen molar-refractivity contribution in [3.05, 3.63) is 29.8 Å². The molecular weight excluding hydrogens is 339 g/mol. The van der Waals surface area contributed by atoms with Crippen LogP contribution in [0.3, 0.4) is 0 Å². The van der Waals surface area contributed by atoms with Gasteiger partial charge >= 0.3 is 12.1 Å². The van der Waals surface area contributed by atoms with E-state index in [-0.39, 0.29) is 0 Å². The number of benzene rings is 1. The second-order valence-corrected chi connectivity index (χ2v) is 6.63. The van der Waals surface area contributed by atoms with Gasteiger partial charge in [-0.2, -0.15) is 13.2 Å². The van der Waals surface area contributed by atoms with Gasteiger partial charge in [-0.25, -0.2) is 0 Å². The van der Waals surface area contributed by atoms with Crippen LogP contribution in [-0.2, 0) is 15.0 Å². The number of nitrogens with zero attached hydrogens (tertiary/aromatic N) is 1. The minimum absolute atomic E-state index is 0.446. The molecule has 0 radical (unpaired) electrons. The van der Waals surface area contributed by atoms with Gasteiger partial charge in [0.2, 0.25) is 5.91 Å². The molecule has 0 spiro atoms. The van der Waals surface area contributed by atoms with E-state index in [9.17, 15) is 22.8 Å². The van der Waals surface area contributed by atoms with Gasteiger partial charge in [0.25, 0.3) is 0 Å². The van der Waals surface area contributed by atoms with E-state index in [1.807, 2.05) is 0 Å². The van der Waals surface area contributed by atoms with Crippen LogP contribution in [0.5, 0.6) is 5.75 Å². The zero-order valence-corrected chi connectivity index (χ0v) is 14.1. The van der Waals surface area contributed by atoms with Gasteiger partial charge in [0.1, 0.15) is 5.75 Å². The van der Waals surface area contributed by atoms with E-state index in [0.29, 0.717) is 11.3 Å². The summed E-state index contributed by atoms with van der Waals surface area (Å²) in [5.41, 5.74) is -0.624. The Morgan fingerprint density at radius 2 is 1.80 bits per heavy atom. The van der Waals surface area contributed by atoms with Crippen molar-refractivity contribution in [3.8, 4) is 5.75 Å². The molecule has 25 heavy (non-hydrogen) atoms. The number of carboxylic acid groups (broad SMARTS) is 1. The molecule has 0 aliphatic carbocycles. The van der Waals surface area contributed by atoms with E-state index >= 15 is 0 Å². The van der Waals surface area contributed by atoms with Gasteiger partial charge in [-0.15, -0.1) is 0 Å². The Labute approximate surface area is 143 Å². The Bertz CT molecular complexity index is 672. The Hall–Kier alpha value is -2.25. The van der Waals surface area contributed by atoms with Crippen LogP contribution in [0.25, 0.3) is 0 Å². The summed E-state index contributed by atoms with van der Waals surface area (Å²) >= 11 is 0. The van der Waals surface area contributed by atoms with Gasteiger partial charge in [0, 0.05) is 18.7 Å². The molecule has 0 saturated carbocycles. The predicted octanol–water partition coefficient (Wildman–Crippen LogP) is 2.69. The summed E-state index contributed by atoms with van der Waals surface area (Å²) in [5.74, 6) is -5.38. The Balaban J connectivity index is 2.32. The highest BCUT2D eigenvalue weighted by atomic mass is 19.4. The Kier molecular flexibility index (Phi) is 5.02. The summed E-state index contributed by atoms with van der Waals surface area (Å²) in [6, 6.07) is 6.75. The van der Waals surface area contributed by atoms with Crippen LogP contribution < -0.4 is 4.74 Å². The fraction of sp³-hybridized carbons (Fsp3) is 0.529. The minimum atomic E-state index is -4.67. The molecule has 1 aromatic rings. The first kappa shape index (κ1) is 19.1. The third kappa shape index (κ3) is 3.57. The largest absolute Gasteiger partial charge is 0.496 e. The number of rotatable bonds is 4. The van der Waals surface area contributed by atoms with Crippen molar-refractivity contribution < 1.29 is 32.6 Å². The summed E-state index contributed by atoms with van der Waals surface area (Å²) in [6.07, 6.45) is -4.67. The van der Waals surface area contributed by atoms with E-state index in [1.165, 1.54) is 7.11 Å². The number of hydrogen-bond donors (Lipinski definition) is 1. The first-order valence-corrected chi connectivity index (χ1v) is 7.72. The SMILES string of the molecule is COc1ccccc1C(C)(C)C(=O)N1C[C@@H](C(F)(F)F)[C@H](C(=O)O)C1. The number of hydrogen-bond acceptors (Lipinski definition) is 3. The molecule has 0 aromatic heterocycles. The molecule has 1 saturated heterocycles. The zero-order chi connectivity index (χ0) is 19.0. The van der Waals surface area contributed by atoms with E-state index in [0.717, 1.165) is 4.90 Å². The van der Waals surface area contributed by atoms with Crippen molar-refractivity contribution in [3.63, 3.8) is 0 Å². The summed E-state index contributed by atoms with van der Waals surface area (Å²) in [5, 5.41) is 9.09. The van der Waals surface area contributed by atoms with Gasteiger partial charge in [0.05, 0.1) is 24.4 Å². The van der Waals surface area contributed by atoms with E-state index in [2.05, 4.69) is 0 Å². The molecule has 1 aliphatic heterocycles. The maximum atomic E-state index is 13.1. The predicted molar refractivity (Wildman–Crippen MR) is 83.3 cm³/mol. The Morgan fingerprint density at radius 1 is 1.20 bits per heavy atom. The minimum Gasteiger partial charge on any atom is -0.496 e. The number of carboxylic acids is 1. The molecule has 1 amide bonds. The molecule has 2 atom stereocenters. The van der Waals surface area contributed by atoms with E-state index in [1.54, 1.807) is 38.1 Å².